The van der Waals surface area contributed by atoms with Gasteiger partial charge in [0.05, 0.1) is 0 Å². The van der Waals surface area contributed by atoms with Crippen LogP contribution in [0.25, 0.3) is 0 Å². The molecule has 1 aliphatic carbocycles. The zero-order valence-electron chi connectivity index (χ0n) is 12.3. The van der Waals surface area contributed by atoms with E-state index in [0.717, 1.165) is 24.7 Å². The molecule has 0 aliphatic heterocycles. The second kappa shape index (κ2) is 4.27. The first-order valence-electron chi connectivity index (χ1n) is 6.82. The minimum absolute atomic E-state index is 0.469. The molecule has 100 valence electrons. The monoisotopic (exact) mass is 246 g/mol. The fourth-order valence-electron chi connectivity index (χ4n) is 3.05. The van der Waals surface area contributed by atoms with Gasteiger partial charge in [-0.1, -0.05) is 39.8 Å². The van der Waals surface area contributed by atoms with Gasteiger partial charge in [0, 0.05) is 12.2 Å². The fourth-order valence-corrected chi connectivity index (χ4v) is 3.05. The van der Waals surface area contributed by atoms with Gasteiger partial charge in [0.15, 0.2) is 0 Å². The van der Waals surface area contributed by atoms with Gasteiger partial charge in [-0.05, 0) is 47.4 Å². The van der Waals surface area contributed by atoms with Crippen LogP contribution in [0.1, 0.15) is 38.8 Å². The first-order chi connectivity index (χ1) is 8.26. The van der Waals surface area contributed by atoms with Crippen molar-refractivity contribution in [1.29, 1.82) is 0 Å². The number of nitrogens with one attached hydrogen (secondary N) is 1. The zero-order chi connectivity index (χ0) is 13.6. The molecule has 0 aromatic heterocycles. The largest absolute Gasteiger partial charge is 0.399 e. The van der Waals surface area contributed by atoms with E-state index in [1.807, 2.05) is 6.07 Å². The van der Waals surface area contributed by atoms with Crippen LogP contribution in [0.2, 0.25) is 0 Å². The van der Waals surface area contributed by atoms with Gasteiger partial charge in [0.25, 0.3) is 0 Å². The highest BCUT2D eigenvalue weighted by atomic mass is 14.9. The molecule has 3 N–H and O–H groups in total. The molecule has 18 heavy (non-hydrogen) atoms. The van der Waals surface area contributed by atoms with Crippen LogP contribution in [0.4, 0.5) is 5.69 Å². The summed E-state index contributed by atoms with van der Waals surface area (Å²) >= 11 is 0. The lowest BCUT2D eigenvalue weighted by molar-refractivity contribution is 0.457. The Morgan fingerprint density at radius 1 is 1.17 bits per heavy atom. The van der Waals surface area contributed by atoms with Crippen LogP contribution >= 0.6 is 0 Å². The van der Waals surface area contributed by atoms with Gasteiger partial charge in [-0.2, -0.15) is 0 Å². The predicted octanol–water partition coefficient (Wildman–Crippen LogP) is 3.35. The standard InChI is InChI=1S/C16H26N2/c1-11-8-12(6-7-13(11)17)9-18-10-14-15(2,3)16(14,4)5/h6-8,14,18H,9-10,17H2,1-5H3. The van der Waals surface area contributed by atoms with Crippen molar-refractivity contribution in [3.8, 4) is 0 Å². The maximum atomic E-state index is 5.83. The van der Waals surface area contributed by atoms with Crippen LogP contribution in [0.5, 0.6) is 0 Å². The SMILES string of the molecule is Cc1cc(CNCC2C(C)(C)C2(C)C)ccc1N. The van der Waals surface area contributed by atoms with Crippen molar-refractivity contribution >= 4 is 5.69 Å². The molecule has 1 fully saturated rings. The van der Waals surface area contributed by atoms with E-state index < -0.39 is 0 Å². The molecule has 0 saturated heterocycles. The van der Waals surface area contributed by atoms with Gasteiger partial charge in [0.2, 0.25) is 0 Å². The smallest absolute Gasteiger partial charge is 0.0343 e. The summed E-state index contributed by atoms with van der Waals surface area (Å²) in [5.41, 5.74) is 10.1. The Morgan fingerprint density at radius 3 is 2.28 bits per heavy atom. The molecule has 0 spiro atoms. The van der Waals surface area contributed by atoms with Crippen LogP contribution in [0, 0.1) is 23.7 Å². The van der Waals surface area contributed by atoms with E-state index in [4.69, 9.17) is 5.73 Å². The summed E-state index contributed by atoms with van der Waals surface area (Å²) in [6.45, 7) is 13.6. The summed E-state index contributed by atoms with van der Waals surface area (Å²) in [7, 11) is 0. The van der Waals surface area contributed by atoms with Crippen molar-refractivity contribution in [2.24, 2.45) is 16.7 Å². The number of nitrogen functional groups attached to an aromatic ring is 1. The number of anilines is 1. The van der Waals surface area contributed by atoms with E-state index in [1.165, 1.54) is 11.1 Å². The molecular weight excluding hydrogens is 220 g/mol. The molecule has 0 atom stereocenters. The van der Waals surface area contributed by atoms with Gasteiger partial charge < -0.3 is 11.1 Å². The maximum absolute atomic E-state index is 5.83. The van der Waals surface area contributed by atoms with Crippen LogP contribution in [0.3, 0.4) is 0 Å². The van der Waals surface area contributed by atoms with E-state index in [0.29, 0.717) is 10.8 Å². The molecule has 0 heterocycles. The lowest BCUT2D eigenvalue weighted by atomic mass is 10.0. The van der Waals surface area contributed by atoms with Crippen molar-refractivity contribution in [2.75, 3.05) is 12.3 Å². The Kier molecular flexibility index (Phi) is 3.18. The van der Waals surface area contributed by atoms with Crippen LogP contribution in [-0.4, -0.2) is 6.54 Å². The molecule has 0 radical (unpaired) electrons. The summed E-state index contributed by atoms with van der Waals surface area (Å²) in [6, 6.07) is 6.28. The van der Waals surface area contributed by atoms with Gasteiger partial charge >= 0.3 is 0 Å². The van der Waals surface area contributed by atoms with Gasteiger partial charge in [0.1, 0.15) is 0 Å². The van der Waals surface area contributed by atoms with Crippen LogP contribution < -0.4 is 11.1 Å². The normalized spacial score (nSPS) is 20.9. The Bertz CT molecular complexity index is 432. The first kappa shape index (κ1) is 13.4. The zero-order valence-corrected chi connectivity index (χ0v) is 12.3. The minimum atomic E-state index is 0.469. The maximum Gasteiger partial charge on any atom is 0.0343 e. The first-order valence-corrected chi connectivity index (χ1v) is 6.82. The Hall–Kier alpha value is -1.02. The number of nitrogens with two attached hydrogens (primary N) is 1. The number of hydrogen-bond acceptors (Lipinski definition) is 2. The molecule has 2 nitrogen and oxygen atoms in total. The summed E-state index contributed by atoms with van der Waals surface area (Å²) in [5, 5.41) is 3.58. The van der Waals surface area contributed by atoms with E-state index in [2.05, 4.69) is 52.1 Å². The molecule has 0 amide bonds. The lowest BCUT2D eigenvalue weighted by Crippen LogP contribution is -2.19. The molecule has 1 saturated carbocycles. The topological polar surface area (TPSA) is 38.0 Å². The number of benzene rings is 1. The highest BCUT2D eigenvalue weighted by Gasteiger charge is 2.63. The van der Waals surface area contributed by atoms with Gasteiger partial charge in [-0.3, -0.25) is 0 Å². The molecule has 1 aromatic carbocycles. The second-order valence-corrected chi connectivity index (χ2v) is 6.82. The second-order valence-electron chi connectivity index (χ2n) is 6.82. The summed E-state index contributed by atoms with van der Waals surface area (Å²) < 4.78 is 0. The molecule has 0 unspecified atom stereocenters. The van der Waals surface area contributed by atoms with Crippen molar-refractivity contribution in [1.82, 2.24) is 5.32 Å². The third-order valence-corrected chi connectivity index (χ3v) is 5.33. The Labute approximate surface area is 111 Å². The lowest BCUT2D eigenvalue weighted by Gasteiger charge is -2.08. The molecule has 2 rings (SSSR count). The molecule has 0 bridgehead atoms. The van der Waals surface area contributed by atoms with E-state index in [9.17, 15) is 0 Å². The van der Waals surface area contributed by atoms with E-state index in [-0.39, 0.29) is 0 Å². The average molecular weight is 246 g/mol. The average Bonchev–Trinajstić information content (AvgIpc) is 2.65. The Morgan fingerprint density at radius 2 is 1.78 bits per heavy atom. The van der Waals surface area contributed by atoms with Crippen LogP contribution in [0.15, 0.2) is 18.2 Å². The summed E-state index contributed by atoms with van der Waals surface area (Å²) in [5.74, 6) is 0.778. The third kappa shape index (κ3) is 2.14. The van der Waals surface area contributed by atoms with Crippen molar-refractivity contribution in [3.05, 3.63) is 29.3 Å². The fraction of sp³-hybridized carbons (Fsp3) is 0.625. The summed E-state index contributed by atoms with van der Waals surface area (Å²) in [4.78, 5) is 0. The molecule has 1 aliphatic rings. The van der Waals surface area contributed by atoms with Gasteiger partial charge in [-0.15, -0.1) is 0 Å². The Balaban J connectivity index is 1.85. The van der Waals surface area contributed by atoms with Crippen molar-refractivity contribution in [3.63, 3.8) is 0 Å². The van der Waals surface area contributed by atoms with E-state index in [1.54, 1.807) is 0 Å². The van der Waals surface area contributed by atoms with Crippen molar-refractivity contribution < 1.29 is 0 Å². The number of rotatable bonds is 4. The minimum Gasteiger partial charge on any atom is -0.399 e. The number of hydrogen-bond donors (Lipinski definition) is 2. The quantitative estimate of drug-likeness (QED) is 0.800. The van der Waals surface area contributed by atoms with Crippen molar-refractivity contribution in [2.45, 2.75) is 41.2 Å². The van der Waals surface area contributed by atoms with Crippen LogP contribution in [-0.2, 0) is 6.54 Å². The highest BCUT2D eigenvalue weighted by molar-refractivity contribution is 5.47. The number of aryl methyl sites for hydroxylation is 1. The molecule has 2 heteroatoms. The van der Waals surface area contributed by atoms with Gasteiger partial charge in [-0.25, -0.2) is 0 Å². The van der Waals surface area contributed by atoms with E-state index >= 15 is 0 Å². The molecular formula is C16H26N2. The summed E-state index contributed by atoms with van der Waals surface area (Å²) in [6.07, 6.45) is 0. The highest BCUT2D eigenvalue weighted by Crippen LogP contribution is 2.67. The molecule has 1 aromatic rings. The third-order valence-electron chi connectivity index (χ3n) is 5.33. The predicted molar refractivity (Wildman–Crippen MR) is 78.4 cm³/mol.